The van der Waals surface area contributed by atoms with Crippen LogP contribution < -0.4 is 5.32 Å². The first-order chi connectivity index (χ1) is 17.0. The predicted octanol–water partition coefficient (Wildman–Crippen LogP) is 5.92. The van der Waals surface area contributed by atoms with Crippen molar-refractivity contribution in [2.24, 2.45) is 7.05 Å². The third-order valence-electron chi connectivity index (χ3n) is 6.18. The molecule has 37 heavy (non-hydrogen) atoms. The Morgan fingerprint density at radius 3 is 2.27 bits per heavy atom. The molecule has 3 aromatic rings. The maximum Gasteiger partial charge on any atom is 0.437 e. The number of nitriles is 1. The second kappa shape index (κ2) is 8.51. The zero-order valence-corrected chi connectivity index (χ0v) is 19.9. The van der Waals surface area contributed by atoms with Crippen LogP contribution in [0.1, 0.15) is 34.5 Å². The average molecular weight is 548 g/mol. The van der Waals surface area contributed by atoms with E-state index >= 15 is 0 Å². The smallest absolute Gasteiger partial charge is 0.334 e. The maximum atomic E-state index is 14.7. The van der Waals surface area contributed by atoms with Gasteiger partial charge in [0, 0.05) is 18.8 Å². The van der Waals surface area contributed by atoms with Crippen LogP contribution >= 0.6 is 11.6 Å². The van der Waals surface area contributed by atoms with Gasteiger partial charge < -0.3 is 9.88 Å². The summed E-state index contributed by atoms with van der Waals surface area (Å²) in [7, 11) is 0.873. The molecule has 0 radical (unpaired) electrons. The van der Waals surface area contributed by atoms with Crippen LogP contribution in [0.4, 0.5) is 30.7 Å². The summed E-state index contributed by atoms with van der Waals surface area (Å²) in [6.45, 7) is 1.22. The van der Waals surface area contributed by atoms with Crippen LogP contribution in [0.25, 0.3) is 16.9 Å². The maximum absolute atomic E-state index is 14.7. The molecule has 1 amide bonds. The first-order valence-corrected chi connectivity index (χ1v) is 11.0. The van der Waals surface area contributed by atoms with E-state index in [0.29, 0.717) is 34.6 Å². The Morgan fingerprint density at radius 2 is 1.73 bits per heavy atom. The molecule has 1 N–H and O–H groups in total. The van der Waals surface area contributed by atoms with E-state index in [2.05, 4.69) is 10.4 Å². The second-order valence-electron chi connectivity index (χ2n) is 8.77. The van der Waals surface area contributed by atoms with Crippen LogP contribution in [0.2, 0.25) is 5.02 Å². The number of carbonyl (C=O) groups is 1. The Hall–Kier alpha value is -3.53. The molecular weight excluding hydrogens is 531 g/mol. The molecule has 0 aliphatic heterocycles. The van der Waals surface area contributed by atoms with Gasteiger partial charge in [-0.25, -0.2) is 9.07 Å². The number of amides is 1. The zero-order valence-electron chi connectivity index (χ0n) is 19.1. The van der Waals surface area contributed by atoms with E-state index < -0.39 is 35.2 Å². The van der Waals surface area contributed by atoms with Crippen LogP contribution in [0.5, 0.6) is 0 Å². The van der Waals surface area contributed by atoms with E-state index in [-0.39, 0.29) is 22.0 Å². The summed E-state index contributed by atoms with van der Waals surface area (Å²) in [4.78, 5) is 12.6. The number of benzene rings is 1. The number of rotatable bonds is 5. The van der Waals surface area contributed by atoms with Gasteiger partial charge >= 0.3 is 18.0 Å². The van der Waals surface area contributed by atoms with Crippen molar-refractivity contribution in [3.8, 4) is 23.0 Å². The first kappa shape index (κ1) is 26.5. The standard InChI is InChI=1S/C23H17ClF7N5O/c1-12-7-17(21(25,22(26,27)28)23(29,30)31)35(2)19(12)36-10-14(9-33-36)13-3-4-16(24)15(8-13)18(37)34-20(11-32)5-6-20/h3-4,7-10H,5-6H2,1-2H3,(H,34,37). The Kier molecular flexibility index (Phi) is 6.10. The SMILES string of the molecule is Cc1cc(C(F)(C(F)(F)F)C(F)(F)F)n(C)c1-n1cc(-c2ccc(Cl)c(C(=O)NC3(C#N)CC3)c2)cn1. The molecule has 1 aromatic carbocycles. The number of carbonyl (C=O) groups excluding carboxylic acids is 1. The van der Waals surface area contributed by atoms with E-state index in [1.807, 2.05) is 6.07 Å². The summed E-state index contributed by atoms with van der Waals surface area (Å²) in [5.41, 5.74) is -7.48. The molecule has 6 nitrogen and oxygen atoms in total. The molecule has 0 atom stereocenters. The number of nitrogens with zero attached hydrogens (tertiary/aromatic N) is 4. The topological polar surface area (TPSA) is 75.6 Å². The highest BCUT2D eigenvalue weighted by Crippen LogP contribution is 2.53. The molecule has 0 spiro atoms. The highest BCUT2D eigenvalue weighted by molar-refractivity contribution is 6.34. The quantitative estimate of drug-likeness (QED) is 0.403. The van der Waals surface area contributed by atoms with Crippen molar-refractivity contribution in [1.82, 2.24) is 19.7 Å². The number of halogens is 8. The fourth-order valence-electron chi connectivity index (χ4n) is 4.00. The summed E-state index contributed by atoms with van der Waals surface area (Å²) in [6, 6.07) is 6.86. The van der Waals surface area contributed by atoms with Gasteiger partial charge in [0.25, 0.3) is 5.91 Å². The lowest BCUT2D eigenvalue weighted by Gasteiger charge is -2.30. The van der Waals surface area contributed by atoms with Gasteiger partial charge in [-0.05, 0) is 49.1 Å². The number of aromatic nitrogens is 3. The molecule has 2 heterocycles. The fraction of sp³-hybridized carbons (Fsp3) is 0.348. The van der Waals surface area contributed by atoms with Gasteiger partial charge in [-0.2, -0.15) is 36.7 Å². The van der Waals surface area contributed by atoms with Crippen LogP contribution in [0.3, 0.4) is 0 Å². The van der Waals surface area contributed by atoms with Crippen LogP contribution in [-0.4, -0.2) is 38.1 Å². The molecule has 2 aromatic heterocycles. The van der Waals surface area contributed by atoms with Gasteiger partial charge in [0.2, 0.25) is 0 Å². The average Bonchev–Trinajstić information content (AvgIpc) is 3.28. The van der Waals surface area contributed by atoms with E-state index in [1.54, 1.807) is 0 Å². The molecule has 0 bridgehead atoms. The summed E-state index contributed by atoms with van der Waals surface area (Å²) in [5, 5.41) is 15.9. The van der Waals surface area contributed by atoms with Crippen molar-refractivity contribution < 1.29 is 35.5 Å². The lowest BCUT2D eigenvalue weighted by molar-refractivity contribution is -0.350. The first-order valence-electron chi connectivity index (χ1n) is 10.6. The van der Waals surface area contributed by atoms with Gasteiger partial charge in [-0.1, -0.05) is 17.7 Å². The number of aryl methyl sites for hydroxylation is 1. The Balaban J connectivity index is 1.72. The summed E-state index contributed by atoms with van der Waals surface area (Å²) in [5.74, 6) is -0.812. The van der Waals surface area contributed by atoms with Crippen molar-refractivity contribution in [3.05, 3.63) is 58.5 Å². The van der Waals surface area contributed by atoms with Crippen molar-refractivity contribution >= 4 is 17.5 Å². The molecule has 196 valence electrons. The minimum atomic E-state index is -6.26. The highest BCUT2D eigenvalue weighted by atomic mass is 35.5. The Morgan fingerprint density at radius 1 is 1.11 bits per heavy atom. The van der Waals surface area contributed by atoms with Crippen molar-refractivity contribution in [2.45, 2.75) is 43.3 Å². The van der Waals surface area contributed by atoms with E-state index in [9.17, 15) is 40.8 Å². The van der Waals surface area contributed by atoms with Crippen molar-refractivity contribution in [3.63, 3.8) is 0 Å². The number of nitrogens with one attached hydrogen (secondary N) is 1. The molecule has 4 rings (SSSR count). The van der Waals surface area contributed by atoms with Crippen LogP contribution in [-0.2, 0) is 12.7 Å². The van der Waals surface area contributed by atoms with Crippen LogP contribution in [0.15, 0.2) is 36.7 Å². The number of alkyl halides is 7. The van der Waals surface area contributed by atoms with Gasteiger partial charge in [-0.15, -0.1) is 0 Å². The minimum Gasteiger partial charge on any atom is -0.334 e. The predicted molar refractivity (Wildman–Crippen MR) is 118 cm³/mol. The third kappa shape index (κ3) is 4.33. The van der Waals surface area contributed by atoms with Crippen LogP contribution in [0, 0.1) is 18.3 Å². The Bertz CT molecular complexity index is 1410. The second-order valence-corrected chi connectivity index (χ2v) is 9.17. The largest absolute Gasteiger partial charge is 0.437 e. The van der Waals surface area contributed by atoms with E-state index in [0.717, 1.165) is 11.7 Å². The third-order valence-corrected chi connectivity index (χ3v) is 6.51. The van der Waals surface area contributed by atoms with Crippen molar-refractivity contribution in [1.29, 1.82) is 5.26 Å². The zero-order chi connectivity index (χ0) is 27.6. The molecule has 1 saturated carbocycles. The molecule has 0 saturated heterocycles. The lowest BCUT2D eigenvalue weighted by Crippen LogP contribution is -2.51. The van der Waals surface area contributed by atoms with Crippen molar-refractivity contribution in [2.75, 3.05) is 0 Å². The van der Waals surface area contributed by atoms with Gasteiger partial charge in [-0.3, -0.25) is 4.79 Å². The number of hydrogen-bond acceptors (Lipinski definition) is 3. The molecule has 0 unspecified atom stereocenters. The Labute approximate surface area is 210 Å². The van der Waals surface area contributed by atoms with Gasteiger partial charge in [0.1, 0.15) is 11.4 Å². The molecule has 1 aliphatic rings. The van der Waals surface area contributed by atoms with E-state index in [1.165, 1.54) is 37.5 Å². The molecule has 14 heteroatoms. The molecule has 1 aliphatic carbocycles. The fourth-order valence-corrected chi connectivity index (χ4v) is 4.21. The summed E-state index contributed by atoms with van der Waals surface area (Å²) in [6.07, 6.45) is -8.95. The highest BCUT2D eigenvalue weighted by Gasteiger charge is 2.74. The molecule has 1 fully saturated rings. The normalized spacial score (nSPS) is 15.4. The summed E-state index contributed by atoms with van der Waals surface area (Å²) >= 11 is 6.15. The number of hydrogen-bond donors (Lipinski definition) is 1. The van der Waals surface area contributed by atoms with Gasteiger partial charge in [0.15, 0.2) is 0 Å². The molecular formula is C23H17ClF7N5O. The lowest BCUT2D eigenvalue weighted by atomic mass is 10.00. The van der Waals surface area contributed by atoms with E-state index in [4.69, 9.17) is 11.6 Å². The minimum absolute atomic E-state index is 0.0587. The van der Waals surface area contributed by atoms with Gasteiger partial charge in [0.05, 0.1) is 28.5 Å². The monoisotopic (exact) mass is 547 g/mol. The summed E-state index contributed by atoms with van der Waals surface area (Å²) < 4.78 is 96.0.